The van der Waals surface area contributed by atoms with Gasteiger partial charge in [0.2, 0.25) is 5.91 Å². The Hall–Kier alpha value is -1.39. The second kappa shape index (κ2) is 7.57. The third-order valence-corrected chi connectivity index (χ3v) is 4.12. The largest absolute Gasteiger partial charge is 0.342 e. The molecule has 1 amide bonds. The molecule has 0 aromatic heterocycles. The molecule has 0 aliphatic carbocycles. The molecule has 1 aliphatic heterocycles. The van der Waals surface area contributed by atoms with Crippen LogP contribution in [0.4, 0.5) is 0 Å². The molecular formula is C17H27N3O. The van der Waals surface area contributed by atoms with Crippen LogP contribution in [0, 0.1) is 0 Å². The minimum atomic E-state index is -0.0331. The minimum Gasteiger partial charge on any atom is -0.342 e. The van der Waals surface area contributed by atoms with Crippen LogP contribution in [0.1, 0.15) is 30.4 Å². The highest BCUT2D eigenvalue weighted by molar-refractivity contribution is 5.84. The van der Waals surface area contributed by atoms with Crippen molar-refractivity contribution in [2.75, 3.05) is 40.3 Å². The molecule has 1 aromatic carbocycles. The first-order chi connectivity index (χ1) is 10.1. The second-order valence-corrected chi connectivity index (χ2v) is 5.96. The molecule has 0 saturated heterocycles. The van der Waals surface area contributed by atoms with Gasteiger partial charge < -0.3 is 15.1 Å². The van der Waals surface area contributed by atoms with Crippen LogP contribution in [0.3, 0.4) is 0 Å². The van der Waals surface area contributed by atoms with Crippen LogP contribution >= 0.6 is 0 Å². The summed E-state index contributed by atoms with van der Waals surface area (Å²) < 4.78 is 0. The zero-order valence-electron chi connectivity index (χ0n) is 13.4. The van der Waals surface area contributed by atoms with Gasteiger partial charge in [-0.3, -0.25) is 4.79 Å². The van der Waals surface area contributed by atoms with Crippen molar-refractivity contribution < 1.29 is 4.79 Å². The average molecular weight is 289 g/mol. The lowest BCUT2D eigenvalue weighted by molar-refractivity contribution is -0.132. The number of rotatable bonds is 6. The van der Waals surface area contributed by atoms with E-state index in [-0.39, 0.29) is 11.8 Å². The van der Waals surface area contributed by atoms with Gasteiger partial charge in [0.15, 0.2) is 0 Å². The first kappa shape index (κ1) is 16.0. The molecule has 0 spiro atoms. The molecule has 4 nitrogen and oxygen atoms in total. The van der Waals surface area contributed by atoms with Gasteiger partial charge in [-0.05, 0) is 45.1 Å². The van der Waals surface area contributed by atoms with Crippen molar-refractivity contribution in [1.82, 2.24) is 15.1 Å². The fourth-order valence-electron chi connectivity index (χ4n) is 2.94. The summed E-state index contributed by atoms with van der Waals surface area (Å²) in [5.74, 6) is 0.227. The normalized spacial score (nSPS) is 17.6. The summed E-state index contributed by atoms with van der Waals surface area (Å²) in [7, 11) is 4.14. The maximum absolute atomic E-state index is 12.8. The van der Waals surface area contributed by atoms with Crippen LogP contribution in [-0.4, -0.2) is 56.0 Å². The molecule has 21 heavy (non-hydrogen) atoms. The van der Waals surface area contributed by atoms with Crippen LogP contribution < -0.4 is 5.32 Å². The fourth-order valence-corrected chi connectivity index (χ4v) is 2.94. The quantitative estimate of drug-likeness (QED) is 0.865. The van der Waals surface area contributed by atoms with Crippen molar-refractivity contribution in [2.24, 2.45) is 0 Å². The predicted molar refractivity (Wildman–Crippen MR) is 86.3 cm³/mol. The van der Waals surface area contributed by atoms with Crippen molar-refractivity contribution in [2.45, 2.75) is 25.8 Å². The molecule has 1 N–H and O–H groups in total. The number of hydrogen-bond acceptors (Lipinski definition) is 3. The van der Waals surface area contributed by atoms with Gasteiger partial charge >= 0.3 is 0 Å². The summed E-state index contributed by atoms with van der Waals surface area (Å²) in [6, 6.07) is 8.30. The zero-order chi connectivity index (χ0) is 15.2. The Labute approximate surface area is 128 Å². The van der Waals surface area contributed by atoms with Gasteiger partial charge in [-0.1, -0.05) is 24.3 Å². The van der Waals surface area contributed by atoms with Crippen molar-refractivity contribution in [3.63, 3.8) is 0 Å². The molecule has 1 atom stereocenters. The van der Waals surface area contributed by atoms with E-state index in [2.05, 4.69) is 43.4 Å². The first-order valence-electron chi connectivity index (χ1n) is 7.85. The number of likely N-dealkylation sites (N-methyl/N-ethyl adjacent to an activating group) is 1. The summed E-state index contributed by atoms with van der Waals surface area (Å²) >= 11 is 0. The van der Waals surface area contributed by atoms with Gasteiger partial charge in [-0.2, -0.15) is 0 Å². The van der Waals surface area contributed by atoms with Crippen LogP contribution in [0.2, 0.25) is 0 Å². The highest BCUT2D eigenvalue weighted by Gasteiger charge is 2.28. The number of carbonyl (C=O) groups excluding carboxylic acids is 1. The molecule has 1 unspecified atom stereocenters. The summed E-state index contributed by atoms with van der Waals surface area (Å²) in [6.07, 6.45) is 1.02. The number of fused-ring (bicyclic) bond motifs is 1. The highest BCUT2D eigenvalue weighted by Crippen LogP contribution is 2.25. The molecule has 116 valence electrons. The first-order valence-corrected chi connectivity index (χ1v) is 7.85. The van der Waals surface area contributed by atoms with Crippen molar-refractivity contribution >= 4 is 5.91 Å². The molecule has 0 saturated carbocycles. The van der Waals surface area contributed by atoms with Crippen molar-refractivity contribution in [3.8, 4) is 0 Å². The average Bonchev–Trinajstić information content (AvgIpc) is 2.50. The number of nitrogens with zero attached hydrogens (tertiary/aromatic N) is 2. The molecule has 1 heterocycles. The van der Waals surface area contributed by atoms with Gasteiger partial charge in [-0.25, -0.2) is 0 Å². The van der Waals surface area contributed by atoms with E-state index < -0.39 is 0 Å². The Kier molecular flexibility index (Phi) is 5.76. The third kappa shape index (κ3) is 4.05. The Balaban J connectivity index is 2.04. The van der Waals surface area contributed by atoms with E-state index in [1.807, 2.05) is 17.0 Å². The summed E-state index contributed by atoms with van der Waals surface area (Å²) in [4.78, 5) is 17.0. The topological polar surface area (TPSA) is 35.6 Å². The van der Waals surface area contributed by atoms with Crippen LogP contribution in [0.15, 0.2) is 24.3 Å². The number of carbonyl (C=O) groups is 1. The maximum atomic E-state index is 12.8. The Morgan fingerprint density at radius 1 is 1.29 bits per heavy atom. The molecule has 0 bridgehead atoms. The van der Waals surface area contributed by atoms with Crippen molar-refractivity contribution in [3.05, 3.63) is 35.4 Å². The standard InChI is InChI=1S/C17H27N3O/c1-4-20(11-7-10-19(2)3)17(21)16-13-18-12-14-8-5-6-9-15(14)16/h5-6,8-9,16,18H,4,7,10-13H2,1-3H3. The van der Waals surface area contributed by atoms with E-state index in [0.29, 0.717) is 0 Å². The Morgan fingerprint density at radius 2 is 2.05 bits per heavy atom. The number of benzene rings is 1. The maximum Gasteiger partial charge on any atom is 0.231 e. The third-order valence-electron chi connectivity index (χ3n) is 4.12. The van der Waals surface area contributed by atoms with E-state index in [9.17, 15) is 4.79 Å². The summed E-state index contributed by atoms with van der Waals surface area (Å²) in [5.41, 5.74) is 2.46. The number of nitrogens with one attached hydrogen (secondary N) is 1. The fraction of sp³-hybridized carbons (Fsp3) is 0.588. The Bertz CT molecular complexity index is 473. The summed E-state index contributed by atoms with van der Waals surface area (Å²) in [5, 5.41) is 3.37. The molecule has 0 radical (unpaired) electrons. The zero-order valence-corrected chi connectivity index (χ0v) is 13.4. The van der Waals surface area contributed by atoms with E-state index >= 15 is 0 Å². The van der Waals surface area contributed by atoms with Crippen molar-refractivity contribution in [1.29, 1.82) is 0 Å². The highest BCUT2D eigenvalue weighted by atomic mass is 16.2. The van der Waals surface area contributed by atoms with E-state index in [4.69, 9.17) is 0 Å². The monoisotopic (exact) mass is 289 g/mol. The van der Waals surface area contributed by atoms with Gasteiger partial charge in [-0.15, -0.1) is 0 Å². The SMILES string of the molecule is CCN(CCCN(C)C)C(=O)C1CNCc2ccccc21. The van der Waals surface area contributed by atoms with E-state index in [1.54, 1.807) is 0 Å². The van der Waals surface area contributed by atoms with E-state index in [1.165, 1.54) is 11.1 Å². The lowest BCUT2D eigenvalue weighted by atomic mass is 9.89. The minimum absolute atomic E-state index is 0.0331. The van der Waals surface area contributed by atoms with Gasteiger partial charge in [0.25, 0.3) is 0 Å². The van der Waals surface area contributed by atoms with Crippen LogP contribution in [-0.2, 0) is 11.3 Å². The Morgan fingerprint density at radius 3 is 2.76 bits per heavy atom. The predicted octanol–water partition coefficient (Wildman–Crippen LogP) is 1.67. The van der Waals surface area contributed by atoms with Gasteiger partial charge in [0.1, 0.15) is 0 Å². The van der Waals surface area contributed by atoms with Gasteiger partial charge in [0.05, 0.1) is 5.92 Å². The van der Waals surface area contributed by atoms with Gasteiger partial charge in [0, 0.05) is 26.2 Å². The van der Waals surface area contributed by atoms with Crippen LogP contribution in [0.5, 0.6) is 0 Å². The molecule has 1 aromatic rings. The molecule has 2 rings (SSSR count). The molecular weight excluding hydrogens is 262 g/mol. The smallest absolute Gasteiger partial charge is 0.231 e. The molecule has 0 fully saturated rings. The lowest BCUT2D eigenvalue weighted by Crippen LogP contribution is -2.42. The number of amides is 1. The molecule has 1 aliphatic rings. The summed E-state index contributed by atoms with van der Waals surface area (Å²) in [6.45, 7) is 6.32. The van der Waals surface area contributed by atoms with Crippen LogP contribution in [0.25, 0.3) is 0 Å². The lowest BCUT2D eigenvalue weighted by Gasteiger charge is -2.31. The molecule has 4 heteroatoms. The van der Waals surface area contributed by atoms with E-state index in [0.717, 1.165) is 39.1 Å². The number of hydrogen-bond donors (Lipinski definition) is 1. The second-order valence-electron chi connectivity index (χ2n) is 5.96.